The summed E-state index contributed by atoms with van der Waals surface area (Å²) in [6, 6.07) is 0. The maximum absolute atomic E-state index is 11.2. The van der Waals surface area contributed by atoms with Gasteiger partial charge in [-0.25, -0.2) is 0 Å². The second kappa shape index (κ2) is 2.04. The molecule has 1 aromatic heterocycles. The van der Waals surface area contributed by atoms with Crippen LogP contribution in [0.1, 0.15) is 20.8 Å². The average molecular weight is 164 g/mol. The molecule has 12 heavy (non-hydrogen) atoms. The van der Waals surface area contributed by atoms with Crippen molar-refractivity contribution >= 4 is 11.6 Å². The molecule has 0 radical (unpaired) electrons. The molecule has 1 aliphatic rings. The molecular formula is C7H4N2O3. The van der Waals surface area contributed by atoms with Crippen LogP contribution in [0.3, 0.4) is 0 Å². The van der Waals surface area contributed by atoms with E-state index in [4.69, 9.17) is 5.73 Å². The maximum atomic E-state index is 11.2. The number of hydrogen-bond acceptors (Lipinski definition) is 5. The highest BCUT2D eigenvalue weighted by Crippen LogP contribution is 2.16. The number of allylic oxidation sites excluding steroid dienone is 2. The van der Waals surface area contributed by atoms with Crippen LogP contribution >= 0.6 is 0 Å². The van der Waals surface area contributed by atoms with Crippen molar-refractivity contribution < 1.29 is 14.1 Å². The summed E-state index contributed by atoms with van der Waals surface area (Å²) in [6.07, 6.45) is 2.17. The van der Waals surface area contributed by atoms with Gasteiger partial charge >= 0.3 is 0 Å². The monoisotopic (exact) mass is 164 g/mol. The third-order valence-electron chi connectivity index (χ3n) is 1.60. The first kappa shape index (κ1) is 6.78. The van der Waals surface area contributed by atoms with Crippen LogP contribution < -0.4 is 5.73 Å². The number of carbonyl (C=O) groups is 2. The van der Waals surface area contributed by atoms with Crippen molar-refractivity contribution in [3.8, 4) is 0 Å². The summed E-state index contributed by atoms with van der Waals surface area (Å²) in [5.74, 6) is -0.804. The van der Waals surface area contributed by atoms with Gasteiger partial charge in [0.25, 0.3) is 0 Å². The first-order valence-corrected chi connectivity index (χ1v) is 3.20. The highest BCUT2D eigenvalue weighted by molar-refractivity contribution is 6.23. The Kier molecular flexibility index (Phi) is 1.15. The molecule has 5 heteroatoms. The molecule has 5 nitrogen and oxygen atoms in total. The van der Waals surface area contributed by atoms with Gasteiger partial charge in [0.05, 0.1) is 11.3 Å². The Morgan fingerprint density at radius 3 is 2.92 bits per heavy atom. The average Bonchev–Trinajstić information content (AvgIpc) is 2.48. The van der Waals surface area contributed by atoms with E-state index in [0.29, 0.717) is 0 Å². The number of ketones is 2. The lowest BCUT2D eigenvalue weighted by molar-refractivity contribution is 0.0980. The molecule has 0 atom stereocenters. The van der Waals surface area contributed by atoms with Crippen LogP contribution in [0.15, 0.2) is 22.6 Å². The predicted octanol–water partition coefficient (Wildman–Crippen LogP) is -0.104. The van der Waals surface area contributed by atoms with E-state index in [1.54, 1.807) is 0 Å². The molecule has 0 spiro atoms. The number of Topliss-reactive ketones (excluding diaryl/α,β-unsaturated/α-hetero) is 1. The number of nitrogens with two attached hydrogens (primary N) is 1. The maximum Gasteiger partial charge on any atom is 0.214 e. The van der Waals surface area contributed by atoms with E-state index in [1.807, 2.05) is 0 Å². The first-order chi connectivity index (χ1) is 5.70. The van der Waals surface area contributed by atoms with Gasteiger partial charge in [-0.15, -0.1) is 0 Å². The summed E-state index contributed by atoms with van der Waals surface area (Å²) in [5, 5.41) is 3.38. The largest absolute Gasteiger partial charge is 0.395 e. The Morgan fingerprint density at radius 1 is 1.42 bits per heavy atom. The predicted molar refractivity (Wildman–Crippen MR) is 37.4 cm³/mol. The minimum atomic E-state index is -0.411. The van der Waals surface area contributed by atoms with Gasteiger partial charge in [-0.3, -0.25) is 9.59 Å². The van der Waals surface area contributed by atoms with Gasteiger partial charge in [-0.2, -0.15) is 0 Å². The van der Waals surface area contributed by atoms with Crippen LogP contribution in [-0.4, -0.2) is 16.7 Å². The molecule has 2 N–H and O–H groups in total. The summed E-state index contributed by atoms with van der Waals surface area (Å²) >= 11 is 0. The molecule has 0 aromatic carbocycles. The Balaban J connectivity index is 2.67. The topological polar surface area (TPSA) is 86.2 Å². The molecule has 0 bridgehead atoms. The molecule has 60 valence electrons. The number of carbonyl (C=O) groups excluding carboxylic acids is 2. The number of aromatic nitrogens is 1. The van der Waals surface area contributed by atoms with E-state index in [-0.39, 0.29) is 17.0 Å². The van der Waals surface area contributed by atoms with Gasteiger partial charge in [0.2, 0.25) is 11.6 Å². The highest BCUT2D eigenvalue weighted by Gasteiger charge is 2.27. The molecule has 0 fully saturated rings. The molecule has 0 saturated carbocycles. The summed E-state index contributed by atoms with van der Waals surface area (Å²) in [7, 11) is 0. The van der Waals surface area contributed by atoms with E-state index >= 15 is 0 Å². The molecule has 0 saturated heterocycles. The van der Waals surface area contributed by atoms with Crippen molar-refractivity contribution in [1.82, 2.24) is 5.16 Å². The van der Waals surface area contributed by atoms with Crippen molar-refractivity contribution in [2.75, 3.05) is 0 Å². The molecule has 1 aliphatic carbocycles. The Morgan fingerprint density at radius 2 is 2.17 bits per heavy atom. The van der Waals surface area contributed by atoms with Crippen LogP contribution in [0.5, 0.6) is 0 Å². The van der Waals surface area contributed by atoms with Crippen LogP contribution in [0, 0.1) is 0 Å². The van der Waals surface area contributed by atoms with E-state index in [2.05, 4.69) is 9.68 Å². The minimum Gasteiger partial charge on any atom is -0.395 e. The van der Waals surface area contributed by atoms with Crippen LogP contribution in [0.4, 0.5) is 0 Å². The van der Waals surface area contributed by atoms with Gasteiger partial charge in [0.15, 0.2) is 5.69 Å². The second-order valence-corrected chi connectivity index (χ2v) is 2.37. The van der Waals surface area contributed by atoms with Crippen molar-refractivity contribution in [1.29, 1.82) is 0 Å². The van der Waals surface area contributed by atoms with Gasteiger partial charge < -0.3 is 10.3 Å². The number of hydrogen-bond donors (Lipinski definition) is 1. The van der Waals surface area contributed by atoms with Gasteiger partial charge in [0, 0.05) is 6.08 Å². The Bertz CT molecular complexity index is 403. The SMILES string of the molecule is NC1=CC(=O)c2nocc2C1=O. The van der Waals surface area contributed by atoms with Crippen molar-refractivity contribution in [2.45, 2.75) is 0 Å². The number of fused-ring (bicyclic) bond motifs is 1. The van der Waals surface area contributed by atoms with Crippen LogP contribution in [0.25, 0.3) is 0 Å². The van der Waals surface area contributed by atoms with Gasteiger partial charge in [-0.1, -0.05) is 5.16 Å². The standard InChI is InChI=1S/C7H4N2O3/c8-4-1-5(10)6-3(7(4)11)2-12-9-6/h1-2H,8H2. The van der Waals surface area contributed by atoms with E-state index in [0.717, 1.165) is 12.3 Å². The molecule has 1 heterocycles. The van der Waals surface area contributed by atoms with Crippen molar-refractivity contribution in [3.05, 3.63) is 29.3 Å². The summed E-state index contributed by atoms with van der Waals surface area (Å²) in [4.78, 5) is 22.2. The molecule has 0 amide bonds. The van der Waals surface area contributed by atoms with Crippen LogP contribution in [-0.2, 0) is 0 Å². The zero-order chi connectivity index (χ0) is 8.72. The summed E-state index contributed by atoms with van der Waals surface area (Å²) in [6.45, 7) is 0. The second-order valence-electron chi connectivity index (χ2n) is 2.37. The summed E-state index contributed by atoms with van der Waals surface area (Å²) < 4.78 is 4.48. The highest BCUT2D eigenvalue weighted by atomic mass is 16.5. The van der Waals surface area contributed by atoms with Crippen LogP contribution in [0.2, 0.25) is 0 Å². The van der Waals surface area contributed by atoms with E-state index in [9.17, 15) is 9.59 Å². The Labute approximate surface area is 66.8 Å². The molecular weight excluding hydrogens is 160 g/mol. The fourth-order valence-electron chi connectivity index (χ4n) is 1.01. The fourth-order valence-corrected chi connectivity index (χ4v) is 1.01. The van der Waals surface area contributed by atoms with E-state index in [1.165, 1.54) is 0 Å². The van der Waals surface area contributed by atoms with Gasteiger partial charge in [0.1, 0.15) is 6.26 Å². The fraction of sp³-hybridized carbons (Fsp3) is 0. The quantitative estimate of drug-likeness (QED) is 0.578. The molecule has 0 aliphatic heterocycles. The zero-order valence-electron chi connectivity index (χ0n) is 5.90. The molecule has 0 unspecified atom stereocenters. The zero-order valence-corrected chi connectivity index (χ0v) is 5.90. The lowest BCUT2D eigenvalue weighted by Gasteiger charge is -2.03. The first-order valence-electron chi connectivity index (χ1n) is 3.20. The van der Waals surface area contributed by atoms with E-state index < -0.39 is 11.6 Å². The lowest BCUT2D eigenvalue weighted by Crippen LogP contribution is -2.20. The minimum absolute atomic E-state index is 0.0363. The molecule has 2 rings (SSSR count). The molecule has 1 aromatic rings. The third kappa shape index (κ3) is 0.701. The third-order valence-corrected chi connectivity index (χ3v) is 1.60. The number of rotatable bonds is 0. The lowest BCUT2D eigenvalue weighted by atomic mass is 10.0. The summed E-state index contributed by atoms with van der Waals surface area (Å²) in [5.41, 5.74) is 5.37. The smallest absolute Gasteiger partial charge is 0.214 e. The normalized spacial score (nSPS) is 15.8. The van der Waals surface area contributed by atoms with Crippen molar-refractivity contribution in [3.63, 3.8) is 0 Å². The van der Waals surface area contributed by atoms with Gasteiger partial charge in [-0.05, 0) is 0 Å². The Hall–Kier alpha value is -1.91. The number of nitrogens with zero attached hydrogens (tertiary/aromatic N) is 1. The van der Waals surface area contributed by atoms with Crippen molar-refractivity contribution in [2.24, 2.45) is 5.73 Å².